The van der Waals surface area contributed by atoms with E-state index in [2.05, 4.69) is 4.98 Å². The summed E-state index contributed by atoms with van der Waals surface area (Å²) >= 11 is 11.8. The van der Waals surface area contributed by atoms with Crippen molar-refractivity contribution in [3.05, 3.63) is 64.3 Å². The Bertz CT molecular complexity index is 1040. The fraction of sp³-hybridized carbons (Fsp3) is 0. The predicted octanol–water partition coefficient (Wildman–Crippen LogP) is 4.65. The number of benzene rings is 2. The van der Waals surface area contributed by atoms with E-state index in [0.29, 0.717) is 0 Å². The smallest absolute Gasteiger partial charge is 0.209 e. The first-order valence-electron chi connectivity index (χ1n) is 6.24. The number of hydrogen-bond acceptors (Lipinski definition) is 3. The highest BCUT2D eigenvalue weighted by molar-refractivity contribution is 7.91. The van der Waals surface area contributed by atoms with E-state index in [9.17, 15) is 17.2 Å². The molecule has 0 spiro atoms. The molecule has 1 heterocycles. The molecule has 0 aliphatic carbocycles. The van der Waals surface area contributed by atoms with E-state index >= 15 is 0 Å². The van der Waals surface area contributed by atoms with Crippen molar-refractivity contribution in [2.45, 2.75) is 9.79 Å². The van der Waals surface area contributed by atoms with Gasteiger partial charge in [0.1, 0.15) is 16.5 Å². The number of rotatable bonds is 2. The Morgan fingerprint density at radius 1 is 1.04 bits per heavy atom. The summed E-state index contributed by atoms with van der Waals surface area (Å²) in [6, 6.07) is 6.76. The van der Waals surface area contributed by atoms with Crippen molar-refractivity contribution < 1.29 is 17.2 Å². The molecule has 8 heteroatoms. The molecule has 3 nitrogen and oxygen atoms in total. The van der Waals surface area contributed by atoms with E-state index in [0.717, 1.165) is 24.4 Å². The molecule has 1 aromatic heterocycles. The van der Waals surface area contributed by atoms with Gasteiger partial charge < -0.3 is 0 Å². The average molecular weight is 374 g/mol. The van der Waals surface area contributed by atoms with Crippen LogP contribution in [0.25, 0.3) is 10.9 Å². The number of aromatic nitrogens is 1. The van der Waals surface area contributed by atoms with E-state index in [1.165, 1.54) is 18.2 Å². The van der Waals surface area contributed by atoms with E-state index in [-0.39, 0.29) is 30.7 Å². The molecule has 0 atom stereocenters. The second-order valence-electron chi connectivity index (χ2n) is 4.68. The van der Waals surface area contributed by atoms with Crippen molar-refractivity contribution in [3.8, 4) is 0 Å². The van der Waals surface area contributed by atoms with Crippen LogP contribution in [0, 0.1) is 11.6 Å². The van der Waals surface area contributed by atoms with Gasteiger partial charge in [-0.2, -0.15) is 0 Å². The number of hydrogen-bond donors (Lipinski definition) is 0. The van der Waals surface area contributed by atoms with Gasteiger partial charge in [0, 0.05) is 11.6 Å². The average Bonchev–Trinajstić information content (AvgIpc) is 2.49. The highest BCUT2D eigenvalue weighted by atomic mass is 35.5. The molecule has 0 unspecified atom stereocenters. The van der Waals surface area contributed by atoms with Gasteiger partial charge in [-0.05, 0) is 30.3 Å². The van der Waals surface area contributed by atoms with Crippen LogP contribution in [0.1, 0.15) is 0 Å². The minimum atomic E-state index is -4.10. The lowest BCUT2D eigenvalue weighted by molar-refractivity contribution is 0.590. The van der Waals surface area contributed by atoms with Gasteiger partial charge in [-0.1, -0.05) is 29.3 Å². The number of sulfone groups is 1. The number of halogens is 4. The fourth-order valence-corrected chi connectivity index (χ4v) is 4.06. The molecule has 3 aromatic rings. The first-order chi connectivity index (χ1) is 10.8. The molecule has 0 aliphatic rings. The largest absolute Gasteiger partial charge is 0.255 e. The Labute approximate surface area is 140 Å². The maximum absolute atomic E-state index is 13.6. The van der Waals surface area contributed by atoms with Crippen LogP contribution < -0.4 is 0 Å². The van der Waals surface area contributed by atoms with Gasteiger partial charge in [-0.15, -0.1) is 0 Å². The molecule has 0 radical (unpaired) electrons. The molecule has 0 saturated carbocycles. The third kappa shape index (κ3) is 2.78. The number of pyridine rings is 1. The Morgan fingerprint density at radius 2 is 1.78 bits per heavy atom. The lowest BCUT2D eigenvalue weighted by Gasteiger charge is -2.09. The molecule has 0 amide bonds. The van der Waals surface area contributed by atoms with Crippen molar-refractivity contribution in [2.24, 2.45) is 0 Å². The van der Waals surface area contributed by atoms with Crippen LogP contribution in [0.5, 0.6) is 0 Å². The second kappa shape index (κ2) is 5.70. The Hall–Kier alpha value is -1.76. The Balaban J connectivity index is 2.28. The molecule has 0 saturated heterocycles. The fourth-order valence-electron chi connectivity index (χ4n) is 2.08. The van der Waals surface area contributed by atoms with Crippen LogP contribution in [-0.4, -0.2) is 13.4 Å². The molecule has 0 bridgehead atoms. The molecular weight excluding hydrogens is 367 g/mol. The summed E-state index contributed by atoms with van der Waals surface area (Å²) in [5.74, 6) is -1.45. The molecule has 118 valence electrons. The highest BCUT2D eigenvalue weighted by Crippen LogP contribution is 2.34. The van der Waals surface area contributed by atoms with Crippen LogP contribution >= 0.6 is 23.2 Å². The van der Waals surface area contributed by atoms with Gasteiger partial charge in [0.15, 0.2) is 0 Å². The standard InChI is InChI=1S/C15H7Cl2F2NO2S/c16-11-6-13-10(5-12(11)19)15(17)14(7-20-13)23(21,22)9-3-1-2-8(18)4-9/h1-7H. The van der Waals surface area contributed by atoms with Crippen molar-refractivity contribution in [1.82, 2.24) is 4.98 Å². The first-order valence-corrected chi connectivity index (χ1v) is 8.48. The summed E-state index contributed by atoms with van der Waals surface area (Å²) in [6.45, 7) is 0. The predicted molar refractivity (Wildman–Crippen MR) is 83.6 cm³/mol. The summed E-state index contributed by atoms with van der Waals surface area (Å²) in [5, 5.41) is -0.248. The van der Waals surface area contributed by atoms with Crippen LogP contribution in [0.2, 0.25) is 10.0 Å². The molecule has 0 aliphatic heterocycles. The van der Waals surface area contributed by atoms with E-state index in [4.69, 9.17) is 23.2 Å². The maximum atomic E-state index is 13.6. The van der Waals surface area contributed by atoms with Gasteiger partial charge in [-0.25, -0.2) is 17.2 Å². The van der Waals surface area contributed by atoms with Gasteiger partial charge in [-0.3, -0.25) is 4.98 Å². The zero-order valence-electron chi connectivity index (χ0n) is 11.2. The Morgan fingerprint density at radius 3 is 2.48 bits per heavy atom. The van der Waals surface area contributed by atoms with Crippen molar-refractivity contribution in [2.75, 3.05) is 0 Å². The van der Waals surface area contributed by atoms with Crippen LogP contribution in [0.15, 0.2) is 52.4 Å². The summed E-state index contributed by atoms with van der Waals surface area (Å²) in [4.78, 5) is 3.35. The molecular formula is C15H7Cl2F2NO2S. The van der Waals surface area contributed by atoms with E-state index < -0.39 is 21.5 Å². The molecule has 0 fully saturated rings. The summed E-state index contributed by atoms with van der Waals surface area (Å²) in [7, 11) is -4.10. The van der Waals surface area contributed by atoms with Crippen molar-refractivity contribution >= 4 is 43.9 Å². The number of fused-ring (bicyclic) bond motifs is 1. The van der Waals surface area contributed by atoms with Crippen molar-refractivity contribution in [1.29, 1.82) is 0 Å². The Kier molecular flexibility index (Phi) is 4.00. The van der Waals surface area contributed by atoms with Crippen LogP contribution in [0.4, 0.5) is 8.78 Å². The number of nitrogens with zero attached hydrogens (tertiary/aromatic N) is 1. The monoisotopic (exact) mass is 373 g/mol. The SMILES string of the molecule is O=S(=O)(c1cccc(F)c1)c1cnc2cc(Cl)c(F)cc2c1Cl. The molecule has 23 heavy (non-hydrogen) atoms. The normalized spacial score (nSPS) is 11.8. The summed E-state index contributed by atoms with van der Waals surface area (Å²) < 4.78 is 52.1. The van der Waals surface area contributed by atoms with Crippen LogP contribution in [-0.2, 0) is 9.84 Å². The van der Waals surface area contributed by atoms with Crippen LogP contribution in [0.3, 0.4) is 0 Å². The van der Waals surface area contributed by atoms with Gasteiger partial charge >= 0.3 is 0 Å². The van der Waals surface area contributed by atoms with Gasteiger partial charge in [0.05, 0.1) is 20.5 Å². The third-order valence-corrected chi connectivity index (χ3v) is 5.78. The quantitative estimate of drug-likeness (QED) is 0.656. The zero-order chi connectivity index (χ0) is 16.8. The van der Waals surface area contributed by atoms with E-state index in [1.54, 1.807) is 0 Å². The van der Waals surface area contributed by atoms with Crippen molar-refractivity contribution in [3.63, 3.8) is 0 Å². The first kappa shape index (κ1) is 16.1. The minimum absolute atomic E-state index is 0.103. The van der Waals surface area contributed by atoms with Gasteiger partial charge in [0.2, 0.25) is 9.84 Å². The zero-order valence-corrected chi connectivity index (χ0v) is 13.6. The second-order valence-corrected chi connectivity index (χ2v) is 7.38. The molecule has 2 aromatic carbocycles. The summed E-state index contributed by atoms with van der Waals surface area (Å²) in [6.07, 6.45) is 1.04. The molecule has 0 N–H and O–H groups in total. The van der Waals surface area contributed by atoms with E-state index in [1.807, 2.05) is 0 Å². The third-order valence-electron chi connectivity index (χ3n) is 3.21. The lowest BCUT2D eigenvalue weighted by atomic mass is 10.2. The van der Waals surface area contributed by atoms with Gasteiger partial charge in [0.25, 0.3) is 0 Å². The lowest BCUT2D eigenvalue weighted by Crippen LogP contribution is -2.04. The highest BCUT2D eigenvalue weighted by Gasteiger charge is 2.24. The topological polar surface area (TPSA) is 47.0 Å². The minimum Gasteiger partial charge on any atom is -0.255 e. The summed E-state index contributed by atoms with van der Waals surface area (Å²) in [5.41, 5.74) is 0.250. The molecule has 3 rings (SSSR count). The maximum Gasteiger partial charge on any atom is 0.209 e.